The van der Waals surface area contributed by atoms with Crippen LogP contribution in [-0.2, 0) is 11.8 Å². The van der Waals surface area contributed by atoms with Crippen LogP contribution in [0.2, 0.25) is 0 Å². The standard InChI is InChI=1S/C19H21FO/c1-14-8-9-17(20)12-15(14)13-18(21)19(10-5-11-19)16-6-3-2-4-7-16/h2-4,6-9,12,18,21H,5,10-11,13H2,1H3. The Morgan fingerprint density at radius 2 is 1.86 bits per heavy atom. The van der Waals surface area contributed by atoms with Crippen molar-refractivity contribution < 1.29 is 9.50 Å². The van der Waals surface area contributed by atoms with Crippen molar-refractivity contribution in [3.8, 4) is 0 Å². The van der Waals surface area contributed by atoms with Crippen LogP contribution in [-0.4, -0.2) is 11.2 Å². The van der Waals surface area contributed by atoms with Crippen LogP contribution < -0.4 is 0 Å². The fourth-order valence-electron chi connectivity index (χ4n) is 3.41. The average molecular weight is 284 g/mol. The molecule has 0 bridgehead atoms. The first-order valence-corrected chi connectivity index (χ1v) is 7.60. The van der Waals surface area contributed by atoms with Crippen molar-refractivity contribution in [3.63, 3.8) is 0 Å². The number of aliphatic hydroxyl groups is 1. The molecule has 21 heavy (non-hydrogen) atoms. The fourth-order valence-corrected chi connectivity index (χ4v) is 3.41. The van der Waals surface area contributed by atoms with Gasteiger partial charge in [0.05, 0.1) is 6.10 Å². The summed E-state index contributed by atoms with van der Waals surface area (Å²) in [5.41, 5.74) is 3.00. The van der Waals surface area contributed by atoms with E-state index in [1.165, 1.54) is 11.6 Å². The SMILES string of the molecule is Cc1ccc(F)cc1CC(O)C1(c2ccccc2)CCC1. The van der Waals surface area contributed by atoms with E-state index in [2.05, 4.69) is 12.1 Å². The molecule has 0 saturated heterocycles. The lowest BCUT2D eigenvalue weighted by atomic mass is 9.60. The Hall–Kier alpha value is -1.67. The third kappa shape index (κ3) is 2.60. The van der Waals surface area contributed by atoms with Crippen molar-refractivity contribution >= 4 is 0 Å². The molecule has 2 aromatic rings. The van der Waals surface area contributed by atoms with E-state index < -0.39 is 6.10 Å². The third-order valence-electron chi connectivity index (χ3n) is 4.96. The van der Waals surface area contributed by atoms with Crippen LogP contribution in [0.15, 0.2) is 48.5 Å². The lowest BCUT2D eigenvalue weighted by Gasteiger charge is -2.46. The van der Waals surface area contributed by atoms with Crippen molar-refractivity contribution in [2.45, 2.75) is 44.1 Å². The zero-order valence-electron chi connectivity index (χ0n) is 12.3. The molecule has 1 unspecified atom stereocenters. The van der Waals surface area contributed by atoms with Crippen molar-refractivity contribution in [2.75, 3.05) is 0 Å². The molecule has 1 saturated carbocycles. The van der Waals surface area contributed by atoms with Gasteiger partial charge < -0.3 is 5.11 Å². The van der Waals surface area contributed by atoms with Gasteiger partial charge in [0, 0.05) is 5.41 Å². The summed E-state index contributed by atoms with van der Waals surface area (Å²) in [5, 5.41) is 10.8. The lowest BCUT2D eigenvalue weighted by molar-refractivity contribution is 0.0284. The predicted molar refractivity (Wildman–Crippen MR) is 82.8 cm³/mol. The van der Waals surface area contributed by atoms with E-state index in [0.29, 0.717) is 6.42 Å². The Bertz CT molecular complexity index is 617. The maximum absolute atomic E-state index is 13.4. The minimum absolute atomic E-state index is 0.153. The minimum atomic E-state index is -0.464. The molecule has 0 aromatic heterocycles. The molecule has 0 heterocycles. The Kier molecular flexibility index (Phi) is 3.81. The van der Waals surface area contributed by atoms with Gasteiger partial charge in [0.2, 0.25) is 0 Å². The Morgan fingerprint density at radius 3 is 2.48 bits per heavy atom. The summed E-state index contributed by atoms with van der Waals surface area (Å²) in [6.07, 6.45) is 3.21. The summed E-state index contributed by atoms with van der Waals surface area (Å²) in [7, 11) is 0. The van der Waals surface area contributed by atoms with E-state index in [4.69, 9.17) is 0 Å². The smallest absolute Gasteiger partial charge is 0.123 e. The molecule has 1 aliphatic carbocycles. The zero-order valence-corrected chi connectivity index (χ0v) is 12.3. The molecule has 0 spiro atoms. The van der Waals surface area contributed by atoms with Gasteiger partial charge in [-0.3, -0.25) is 0 Å². The largest absolute Gasteiger partial charge is 0.392 e. The number of aryl methyl sites for hydroxylation is 1. The van der Waals surface area contributed by atoms with Gasteiger partial charge in [0.25, 0.3) is 0 Å². The predicted octanol–water partition coefficient (Wildman–Crippen LogP) is 4.16. The number of hydrogen-bond donors (Lipinski definition) is 1. The van der Waals surface area contributed by atoms with Gasteiger partial charge in [-0.05, 0) is 55.0 Å². The van der Waals surface area contributed by atoms with Crippen LogP contribution in [0.4, 0.5) is 4.39 Å². The van der Waals surface area contributed by atoms with Gasteiger partial charge >= 0.3 is 0 Å². The van der Waals surface area contributed by atoms with Gasteiger partial charge in [-0.15, -0.1) is 0 Å². The molecule has 1 fully saturated rings. The molecular formula is C19H21FO. The molecule has 0 radical (unpaired) electrons. The molecule has 1 atom stereocenters. The van der Waals surface area contributed by atoms with Crippen LogP contribution in [0.5, 0.6) is 0 Å². The highest BCUT2D eigenvalue weighted by atomic mass is 19.1. The van der Waals surface area contributed by atoms with Crippen LogP contribution in [0.1, 0.15) is 36.0 Å². The number of rotatable bonds is 4. The van der Waals surface area contributed by atoms with Gasteiger partial charge in [-0.1, -0.05) is 42.8 Å². The summed E-state index contributed by atoms with van der Waals surface area (Å²) in [5.74, 6) is -0.231. The summed E-state index contributed by atoms with van der Waals surface area (Å²) in [4.78, 5) is 0. The van der Waals surface area contributed by atoms with Gasteiger partial charge in [-0.2, -0.15) is 0 Å². The summed E-state index contributed by atoms with van der Waals surface area (Å²) in [6.45, 7) is 1.97. The highest BCUT2D eigenvalue weighted by Gasteiger charge is 2.44. The third-order valence-corrected chi connectivity index (χ3v) is 4.96. The topological polar surface area (TPSA) is 20.2 Å². The van der Waals surface area contributed by atoms with Crippen LogP contribution in [0, 0.1) is 12.7 Å². The summed E-state index contributed by atoms with van der Waals surface area (Å²) >= 11 is 0. The fraction of sp³-hybridized carbons (Fsp3) is 0.368. The van der Waals surface area contributed by atoms with Crippen molar-refractivity contribution in [1.29, 1.82) is 0 Å². The Morgan fingerprint density at radius 1 is 1.14 bits per heavy atom. The van der Waals surface area contributed by atoms with Crippen molar-refractivity contribution in [3.05, 3.63) is 71.0 Å². The van der Waals surface area contributed by atoms with E-state index >= 15 is 0 Å². The second kappa shape index (κ2) is 5.61. The molecule has 0 amide bonds. The van der Waals surface area contributed by atoms with E-state index in [1.54, 1.807) is 12.1 Å². The second-order valence-electron chi connectivity index (χ2n) is 6.17. The molecule has 1 aliphatic rings. The number of halogens is 1. The summed E-state index contributed by atoms with van der Waals surface area (Å²) in [6, 6.07) is 15.1. The lowest BCUT2D eigenvalue weighted by Crippen LogP contribution is -2.46. The van der Waals surface area contributed by atoms with Crippen molar-refractivity contribution in [2.24, 2.45) is 0 Å². The maximum Gasteiger partial charge on any atom is 0.123 e. The summed E-state index contributed by atoms with van der Waals surface area (Å²) < 4.78 is 13.4. The monoisotopic (exact) mass is 284 g/mol. The molecule has 2 heteroatoms. The molecule has 3 rings (SSSR count). The normalized spacial score (nSPS) is 18.0. The van der Waals surface area contributed by atoms with Gasteiger partial charge in [0.15, 0.2) is 0 Å². The average Bonchev–Trinajstić information content (AvgIpc) is 2.43. The molecule has 110 valence electrons. The first-order chi connectivity index (χ1) is 10.1. The van der Waals surface area contributed by atoms with Gasteiger partial charge in [-0.25, -0.2) is 4.39 Å². The van der Waals surface area contributed by atoms with E-state index in [9.17, 15) is 9.50 Å². The number of benzene rings is 2. The highest BCUT2D eigenvalue weighted by Crippen LogP contribution is 2.47. The van der Waals surface area contributed by atoms with Crippen molar-refractivity contribution in [1.82, 2.24) is 0 Å². The Balaban J connectivity index is 1.87. The first kappa shape index (κ1) is 14.3. The second-order valence-corrected chi connectivity index (χ2v) is 6.17. The zero-order chi connectivity index (χ0) is 14.9. The molecule has 2 aromatic carbocycles. The molecular weight excluding hydrogens is 263 g/mol. The van der Waals surface area contributed by atoms with E-state index in [1.807, 2.05) is 25.1 Å². The van der Waals surface area contributed by atoms with Crippen LogP contribution >= 0.6 is 0 Å². The molecule has 1 N–H and O–H groups in total. The Labute approximate surface area is 125 Å². The minimum Gasteiger partial charge on any atom is -0.392 e. The quantitative estimate of drug-likeness (QED) is 0.894. The highest BCUT2D eigenvalue weighted by molar-refractivity contribution is 5.33. The molecule has 1 nitrogen and oxygen atoms in total. The van der Waals surface area contributed by atoms with E-state index in [-0.39, 0.29) is 11.2 Å². The van der Waals surface area contributed by atoms with E-state index in [0.717, 1.165) is 30.4 Å². The van der Waals surface area contributed by atoms with Crippen LogP contribution in [0.3, 0.4) is 0 Å². The maximum atomic E-state index is 13.4. The molecule has 0 aliphatic heterocycles. The van der Waals surface area contributed by atoms with Gasteiger partial charge in [0.1, 0.15) is 5.82 Å². The number of hydrogen-bond acceptors (Lipinski definition) is 1. The number of aliphatic hydroxyl groups excluding tert-OH is 1. The van der Waals surface area contributed by atoms with Crippen LogP contribution in [0.25, 0.3) is 0 Å². The first-order valence-electron chi connectivity index (χ1n) is 7.60.